The summed E-state index contributed by atoms with van der Waals surface area (Å²) in [5.74, 6) is 0.791. The number of halogens is 1. The zero-order valence-corrected chi connectivity index (χ0v) is 16.6. The normalized spacial score (nSPS) is 12.7. The Balaban J connectivity index is 1.29. The molecule has 1 amide bonds. The maximum Gasteiger partial charge on any atom is 0.259 e. The Hall–Kier alpha value is -3.00. The first-order valence-corrected chi connectivity index (χ1v) is 10.3. The van der Waals surface area contributed by atoms with Crippen LogP contribution in [0.1, 0.15) is 24.0 Å². The minimum absolute atomic E-state index is 0.0883. The lowest BCUT2D eigenvalue weighted by atomic mass is 10.1. The van der Waals surface area contributed by atoms with E-state index in [4.69, 9.17) is 0 Å². The number of carbonyl (C=O) groups excluding carboxylic acids is 1. The molecule has 2 heterocycles. The number of nitrogens with one attached hydrogen (secondary N) is 2. The van der Waals surface area contributed by atoms with Gasteiger partial charge in [0.15, 0.2) is 5.16 Å². The van der Waals surface area contributed by atoms with Gasteiger partial charge in [-0.15, -0.1) is 0 Å². The average molecular weight is 410 g/mol. The minimum Gasteiger partial charge on any atom is -0.314 e. The van der Waals surface area contributed by atoms with Crippen LogP contribution in [0.4, 0.5) is 10.1 Å². The third kappa shape index (κ3) is 4.37. The second-order valence-electron chi connectivity index (χ2n) is 6.85. The van der Waals surface area contributed by atoms with Gasteiger partial charge in [-0.1, -0.05) is 30.0 Å². The quantitative estimate of drug-likeness (QED) is 0.382. The zero-order chi connectivity index (χ0) is 20.4. The zero-order valence-electron chi connectivity index (χ0n) is 15.8. The molecule has 1 aliphatic rings. The fourth-order valence-corrected chi connectivity index (χ4v) is 3.96. The van der Waals surface area contributed by atoms with Crippen molar-refractivity contribution in [1.82, 2.24) is 15.3 Å². The number of thioether (sulfide) groups is 1. The first kappa shape index (κ1) is 19.3. The van der Waals surface area contributed by atoms with E-state index in [1.807, 2.05) is 24.3 Å². The number of benzene rings is 2. The van der Waals surface area contributed by atoms with Crippen LogP contribution in [0.15, 0.2) is 51.3 Å². The van der Waals surface area contributed by atoms with Crippen molar-refractivity contribution in [2.75, 3.05) is 5.75 Å². The van der Waals surface area contributed by atoms with Crippen LogP contribution < -0.4 is 10.9 Å². The maximum absolute atomic E-state index is 13.7. The van der Waals surface area contributed by atoms with Gasteiger partial charge in [0.05, 0.1) is 16.6 Å². The highest BCUT2D eigenvalue weighted by Crippen LogP contribution is 2.25. The molecule has 148 valence electrons. The molecule has 2 aromatic carbocycles. The number of hydrogen-bond donors (Lipinski definition) is 2. The van der Waals surface area contributed by atoms with Crippen molar-refractivity contribution in [2.24, 2.45) is 4.99 Å². The molecule has 4 rings (SSSR count). The summed E-state index contributed by atoms with van der Waals surface area (Å²) in [5, 5.41) is 3.64. The van der Waals surface area contributed by atoms with Crippen molar-refractivity contribution >= 4 is 40.1 Å². The smallest absolute Gasteiger partial charge is 0.259 e. The summed E-state index contributed by atoms with van der Waals surface area (Å²) < 4.78 is 13.7. The van der Waals surface area contributed by atoms with E-state index in [1.54, 1.807) is 6.92 Å². The van der Waals surface area contributed by atoms with Crippen LogP contribution in [-0.4, -0.2) is 27.5 Å². The van der Waals surface area contributed by atoms with Crippen LogP contribution >= 0.6 is 11.8 Å². The number of aliphatic imine (C=N–C) groups is 1. The maximum atomic E-state index is 13.7. The van der Waals surface area contributed by atoms with Gasteiger partial charge in [-0.2, -0.15) is 0 Å². The molecule has 0 bridgehead atoms. The van der Waals surface area contributed by atoms with Crippen LogP contribution in [0.5, 0.6) is 0 Å². The molecule has 0 fully saturated rings. The van der Waals surface area contributed by atoms with E-state index in [0.29, 0.717) is 52.5 Å². The summed E-state index contributed by atoms with van der Waals surface area (Å²) in [4.78, 5) is 35.8. The Labute approximate surface area is 170 Å². The highest BCUT2D eigenvalue weighted by molar-refractivity contribution is 7.99. The number of aromatic nitrogens is 2. The average Bonchev–Trinajstić information content (AvgIpc) is 3.09. The molecule has 2 N–H and O–H groups in total. The Bertz CT molecular complexity index is 1190. The van der Waals surface area contributed by atoms with Gasteiger partial charge in [-0.05, 0) is 36.6 Å². The molecule has 1 aromatic heterocycles. The molecule has 0 saturated heterocycles. The third-order valence-corrected chi connectivity index (χ3v) is 5.60. The number of nitrogens with zero attached hydrogens (tertiary/aromatic N) is 2. The molecular weight excluding hydrogens is 391 g/mol. The molecule has 29 heavy (non-hydrogen) atoms. The summed E-state index contributed by atoms with van der Waals surface area (Å²) in [7, 11) is 0. The van der Waals surface area contributed by atoms with Crippen molar-refractivity contribution in [3.63, 3.8) is 0 Å². The van der Waals surface area contributed by atoms with E-state index in [1.165, 1.54) is 23.9 Å². The summed E-state index contributed by atoms with van der Waals surface area (Å²) in [6.45, 7) is 1.61. The number of aryl methyl sites for hydroxylation is 1. The molecule has 0 saturated carbocycles. The monoisotopic (exact) mass is 410 g/mol. The molecule has 0 unspecified atom stereocenters. The largest absolute Gasteiger partial charge is 0.314 e. The second-order valence-corrected chi connectivity index (χ2v) is 7.94. The number of amides is 1. The van der Waals surface area contributed by atoms with Crippen LogP contribution in [0.3, 0.4) is 0 Å². The molecule has 3 aromatic rings. The molecular formula is C21H19FN4O2S. The summed E-state index contributed by atoms with van der Waals surface area (Å²) >= 11 is 1.33. The van der Waals surface area contributed by atoms with Crippen LogP contribution in [0.25, 0.3) is 10.9 Å². The number of aromatic amines is 1. The van der Waals surface area contributed by atoms with Gasteiger partial charge in [0, 0.05) is 24.7 Å². The number of hydrogen-bond acceptors (Lipinski definition) is 5. The second kappa shape index (κ2) is 8.16. The van der Waals surface area contributed by atoms with E-state index in [0.717, 1.165) is 11.3 Å². The lowest BCUT2D eigenvalue weighted by Crippen LogP contribution is -2.30. The van der Waals surface area contributed by atoms with Crippen LogP contribution in [0, 0.1) is 12.7 Å². The fourth-order valence-electron chi connectivity index (χ4n) is 3.15. The van der Waals surface area contributed by atoms with Crippen LogP contribution in [0.2, 0.25) is 0 Å². The topological polar surface area (TPSA) is 87.2 Å². The number of carbonyl (C=O) groups is 1. The number of rotatable bonds is 5. The van der Waals surface area contributed by atoms with Gasteiger partial charge in [0.1, 0.15) is 11.7 Å². The van der Waals surface area contributed by atoms with E-state index in [-0.39, 0.29) is 17.3 Å². The lowest BCUT2D eigenvalue weighted by Gasteiger charge is -2.05. The van der Waals surface area contributed by atoms with Crippen molar-refractivity contribution < 1.29 is 9.18 Å². The number of fused-ring (bicyclic) bond motifs is 2. The molecule has 6 nitrogen and oxygen atoms in total. The standard InChI is InChI=1S/C21H19FN4O2S/c1-12-9-14-17(11-15(12)22)24-21(26-20(14)28)29-8-4-7-19(27)25-18-10-13-5-2-3-6-16(13)23-18/h2-3,5-6,9,11H,4,7-8,10H2,1H3,(H,23,25,27)(H,24,26,28). The van der Waals surface area contributed by atoms with E-state index in [2.05, 4.69) is 20.3 Å². The van der Waals surface area contributed by atoms with Gasteiger partial charge in [0.25, 0.3) is 5.56 Å². The van der Waals surface area contributed by atoms with Crippen molar-refractivity contribution in [3.8, 4) is 0 Å². The third-order valence-electron chi connectivity index (χ3n) is 4.64. The Kier molecular flexibility index (Phi) is 5.44. The van der Waals surface area contributed by atoms with Gasteiger partial charge < -0.3 is 10.3 Å². The van der Waals surface area contributed by atoms with Gasteiger partial charge in [-0.3, -0.25) is 9.59 Å². The number of para-hydroxylation sites is 1. The fraction of sp³-hybridized carbons (Fsp3) is 0.238. The molecule has 0 aliphatic carbocycles. The Morgan fingerprint density at radius 3 is 2.97 bits per heavy atom. The molecule has 8 heteroatoms. The van der Waals surface area contributed by atoms with Gasteiger partial charge in [0.2, 0.25) is 5.91 Å². The molecule has 0 atom stereocenters. The number of H-pyrrole nitrogens is 1. The lowest BCUT2D eigenvalue weighted by molar-refractivity contribution is -0.119. The number of amidine groups is 1. The first-order chi connectivity index (χ1) is 14.0. The van der Waals surface area contributed by atoms with Crippen molar-refractivity contribution in [2.45, 2.75) is 31.3 Å². The van der Waals surface area contributed by atoms with Crippen LogP contribution in [-0.2, 0) is 11.2 Å². The van der Waals surface area contributed by atoms with Crippen molar-refractivity contribution in [3.05, 3.63) is 63.7 Å². The molecule has 0 radical (unpaired) electrons. The SMILES string of the molecule is Cc1cc2c(=O)[nH]c(SCCCC(=O)NC3=Nc4ccccc4C3)nc2cc1F. The minimum atomic E-state index is -0.389. The van der Waals surface area contributed by atoms with E-state index in [9.17, 15) is 14.0 Å². The summed E-state index contributed by atoms with van der Waals surface area (Å²) in [6.07, 6.45) is 1.59. The predicted molar refractivity (Wildman–Crippen MR) is 112 cm³/mol. The molecule has 1 aliphatic heterocycles. The Morgan fingerprint density at radius 2 is 2.14 bits per heavy atom. The van der Waals surface area contributed by atoms with E-state index >= 15 is 0 Å². The Morgan fingerprint density at radius 1 is 1.31 bits per heavy atom. The van der Waals surface area contributed by atoms with Gasteiger partial charge in [-0.25, -0.2) is 14.4 Å². The predicted octanol–water partition coefficient (Wildman–Crippen LogP) is 3.65. The summed E-state index contributed by atoms with van der Waals surface area (Å²) in [5.41, 5.74) is 2.45. The molecule has 0 spiro atoms. The first-order valence-electron chi connectivity index (χ1n) is 9.28. The highest BCUT2D eigenvalue weighted by atomic mass is 32.2. The van der Waals surface area contributed by atoms with E-state index < -0.39 is 0 Å². The summed E-state index contributed by atoms with van der Waals surface area (Å²) in [6, 6.07) is 10.6. The van der Waals surface area contributed by atoms with Crippen molar-refractivity contribution in [1.29, 1.82) is 0 Å². The van der Waals surface area contributed by atoms with Gasteiger partial charge >= 0.3 is 0 Å². The highest BCUT2D eigenvalue weighted by Gasteiger charge is 2.15.